The molecule has 2 heterocycles. The number of rotatable bonds is 2. The summed E-state index contributed by atoms with van der Waals surface area (Å²) in [5.74, 6) is 0.386. The molecule has 0 unspecified atom stereocenters. The fraction of sp³-hybridized carbons (Fsp3) is 0.600. The Labute approximate surface area is 88.9 Å². The van der Waals surface area contributed by atoms with Gasteiger partial charge in [-0.2, -0.15) is 0 Å². The second kappa shape index (κ2) is 4.44. The van der Waals surface area contributed by atoms with Gasteiger partial charge in [0.1, 0.15) is 0 Å². The van der Waals surface area contributed by atoms with Crippen molar-refractivity contribution in [3.63, 3.8) is 0 Å². The summed E-state index contributed by atoms with van der Waals surface area (Å²) >= 11 is 0. The first kappa shape index (κ1) is 10.2. The van der Waals surface area contributed by atoms with E-state index in [1.807, 2.05) is 7.05 Å². The second-order valence-electron chi connectivity index (χ2n) is 3.88. The molecular formula is C10H16N4O. The fourth-order valence-corrected chi connectivity index (χ4v) is 1.81. The molecule has 5 heteroatoms. The minimum atomic E-state index is -0.0869. The van der Waals surface area contributed by atoms with E-state index in [2.05, 4.69) is 15.6 Å². The molecule has 1 fully saturated rings. The molecule has 1 aliphatic heterocycles. The molecule has 0 bridgehead atoms. The van der Waals surface area contributed by atoms with Crippen LogP contribution in [-0.4, -0.2) is 34.6 Å². The van der Waals surface area contributed by atoms with Crippen LogP contribution in [0.2, 0.25) is 0 Å². The van der Waals surface area contributed by atoms with Crippen LogP contribution < -0.4 is 10.6 Å². The van der Waals surface area contributed by atoms with Crippen molar-refractivity contribution in [2.75, 3.05) is 13.1 Å². The van der Waals surface area contributed by atoms with Gasteiger partial charge in [-0.1, -0.05) is 0 Å². The van der Waals surface area contributed by atoms with Gasteiger partial charge in [-0.15, -0.1) is 0 Å². The Hall–Kier alpha value is -1.36. The normalized spacial score (nSPS) is 21.3. The quantitative estimate of drug-likeness (QED) is 0.713. The minimum Gasteiger partial charge on any atom is -0.345 e. The maximum Gasteiger partial charge on any atom is 0.287 e. The molecule has 0 radical (unpaired) electrons. The number of piperidine rings is 1. The van der Waals surface area contributed by atoms with E-state index in [1.54, 1.807) is 17.0 Å². The molecule has 0 aliphatic carbocycles. The Morgan fingerprint density at radius 2 is 2.60 bits per heavy atom. The topological polar surface area (TPSA) is 59.0 Å². The smallest absolute Gasteiger partial charge is 0.287 e. The molecule has 1 aromatic heterocycles. The number of aryl methyl sites for hydroxylation is 1. The summed E-state index contributed by atoms with van der Waals surface area (Å²) in [6.45, 7) is 1.91. The number of aromatic nitrogens is 2. The van der Waals surface area contributed by atoms with Crippen molar-refractivity contribution in [2.24, 2.45) is 7.05 Å². The van der Waals surface area contributed by atoms with Crippen molar-refractivity contribution in [2.45, 2.75) is 18.9 Å². The summed E-state index contributed by atoms with van der Waals surface area (Å²) in [4.78, 5) is 15.8. The Morgan fingerprint density at radius 3 is 3.20 bits per heavy atom. The van der Waals surface area contributed by atoms with E-state index in [-0.39, 0.29) is 11.9 Å². The van der Waals surface area contributed by atoms with Crippen molar-refractivity contribution in [3.8, 4) is 0 Å². The van der Waals surface area contributed by atoms with Gasteiger partial charge in [-0.3, -0.25) is 4.79 Å². The largest absolute Gasteiger partial charge is 0.345 e. The molecule has 0 saturated carbocycles. The van der Waals surface area contributed by atoms with E-state index in [0.717, 1.165) is 25.9 Å². The molecule has 15 heavy (non-hydrogen) atoms. The molecule has 5 nitrogen and oxygen atoms in total. The zero-order valence-corrected chi connectivity index (χ0v) is 8.86. The van der Waals surface area contributed by atoms with Crippen LogP contribution in [0.4, 0.5) is 0 Å². The van der Waals surface area contributed by atoms with Crippen molar-refractivity contribution in [1.82, 2.24) is 20.2 Å². The lowest BCUT2D eigenvalue weighted by Crippen LogP contribution is -2.46. The Morgan fingerprint density at radius 1 is 1.73 bits per heavy atom. The standard InChI is InChI=1S/C10H16N4O/c1-14-6-5-12-9(14)10(15)13-8-3-2-4-11-7-8/h5-6,8,11H,2-4,7H2,1H3,(H,13,15)/t8-/m1/s1. The van der Waals surface area contributed by atoms with Crippen LogP contribution in [0.15, 0.2) is 12.4 Å². The molecule has 1 amide bonds. The summed E-state index contributed by atoms with van der Waals surface area (Å²) in [6, 6.07) is 0.239. The van der Waals surface area contributed by atoms with Gasteiger partial charge in [0.15, 0.2) is 5.82 Å². The molecule has 1 aliphatic rings. The SMILES string of the molecule is Cn1ccnc1C(=O)N[C@@H]1CCCNC1. The first-order valence-electron chi connectivity index (χ1n) is 5.26. The van der Waals surface area contributed by atoms with Crippen LogP contribution in [0, 0.1) is 0 Å². The molecule has 1 aromatic rings. The van der Waals surface area contributed by atoms with Gasteiger partial charge in [0.05, 0.1) is 0 Å². The van der Waals surface area contributed by atoms with Crippen LogP contribution in [0.3, 0.4) is 0 Å². The Balaban J connectivity index is 1.94. The third-order valence-corrected chi connectivity index (χ3v) is 2.66. The van der Waals surface area contributed by atoms with E-state index < -0.39 is 0 Å². The van der Waals surface area contributed by atoms with Gasteiger partial charge < -0.3 is 15.2 Å². The van der Waals surface area contributed by atoms with Crippen molar-refractivity contribution in [1.29, 1.82) is 0 Å². The lowest BCUT2D eigenvalue weighted by molar-refractivity contribution is 0.0917. The van der Waals surface area contributed by atoms with Gasteiger partial charge in [0.25, 0.3) is 5.91 Å². The van der Waals surface area contributed by atoms with Crippen LogP contribution in [-0.2, 0) is 7.05 Å². The zero-order chi connectivity index (χ0) is 10.7. The number of hydrogen-bond donors (Lipinski definition) is 2. The van der Waals surface area contributed by atoms with Crippen LogP contribution in [0.1, 0.15) is 23.5 Å². The van der Waals surface area contributed by atoms with Crippen molar-refractivity contribution in [3.05, 3.63) is 18.2 Å². The maximum atomic E-state index is 11.8. The number of carbonyl (C=O) groups excluding carboxylic acids is 1. The number of imidazole rings is 1. The van der Waals surface area contributed by atoms with Gasteiger partial charge in [-0.05, 0) is 19.4 Å². The highest BCUT2D eigenvalue weighted by atomic mass is 16.2. The van der Waals surface area contributed by atoms with Gasteiger partial charge in [0.2, 0.25) is 0 Å². The molecular weight excluding hydrogens is 192 g/mol. The first-order chi connectivity index (χ1) is 7.27. The van der Waals surface area contributed by atoms with E-state index in [1.165, 1.54) is 0 Å². The molecule has 82 valence electrons. The number of carbonyl (C=O) groups is 1. The molecule has 1 saturated heterocycles. The molecule has 2 rings (SSSR count). The summed E-state index contributed by atoms with van der Waals surface area (Å²) in [7, 11) is 1.82. The van der Waals surface area contributed by atoms with Crippen molar-refractivity contribution >= 4 is 5.91 Å². The third-order valence-electron chi connectivity index (χ3n) is 2.66. The van der Waals surface area contributed by atoms with E-state index in [9.17, 15) is 4.79 Å². The van der Waals surface area contributed by atoms with Crippen LogP contribution in [0.25, 0.3) is 0 Å². The Bertz CT molecular complexity index is 341. The van der Waals surface area contributed by atoms with E-state index in [0.29, 0.717) is 5.82 Å². The molecule has 2 N–H and O–H groups in total. The number of nitrogens with one attached hydrogen (secondary N) is 2. The number of hydrogen-bond acceptors (Lipinski definition) is 3. The lowest BCUT2D eigenvalue weighted by atomic mass is 10.1. The average Bonchev–Trinajstić information content (AvgIpc) is 2.66. The molecule has 1 atom stereocenters. The number of amides is 1. The Kier molecular flexibility index (Phi) is 3.01. The highest BCUT2D eigenvalue weighted by Gasteiger charge is 2.18. The zero-order valence-electron chi connectivity index (χ0n) is 8.86. The fourth-order valence-electron chi connectivity index (χ4n) is 1.81. The lowest BCUT2D eigenvalue weighted by Gasteiger charge is -2.23. The average molecular weight is 208 g/mol. The van der Waals surface area contributed by atoms with E-state index in [4.69, 9.17) is 0 Å². The summed E-state index contributed by atoms with van der Waals surface area (Å²) in [5.41, 5.74) is 0. The predicted molar refractivity (Wildman–Crippen MR) is 56.6 cm³/mol. The van der Waals surface area contributed by atoms with Gasteiger partial charge in [-0.25, -0.2) is 4.98 Å². The minimum absolute atomic E-state index is 0.0869. The molecule has 0 aromatic carbocycles. The molecule has 0 spiro atoms. The van der Waals surface area contributed by atoms with Crippen molar-refractivity contribution < 1.29 is 4.79 Å². The summed E-state index contributed by atoms with van der Waals surface area (Å²) in [6.07, 6.45) is 5.57. The maximum absolute atomic E-state index is 11.8. The van der Waals surface area contributed by atoms with Gasteiger partial charge >= 0.3 is 0 Å². The highest BCUT2D eigenvalue weighted by Crippen LogP contribution is 2.02. The van der Waals surface area contributed by atoms with Gasteiger partial charge in [0, 0.05) is 32.0 Å². The number of nitrogens with zero attached hydrogens (tertiary/aromatic N) is 2. The predicted octanol–water partition coefficient (Wildman–Crippen LogP) is -0.0981. The third kappa shape index (κ3) is 2.36. The monoisotopic (exact) mass is 208 g/mol. The van der Waals surface area contributed by atoms with Crippen LogP contribution in [0.5, 0.6) is 0 Å². The van der Waals surface area contributed by atoms with Crippen LogP contribution >= 0.6 is 0 Å². The summed E-state index contributed by atoms with van der Waals surface area (Å²) in [5, 5.41) is 6.24. The first-order valence-corrected chi connectivity index (χ1v) is 5.26. The summed E-state index contributed by atoms with van der Waals surface area (Å²) < 4.78 is 1.73. The second-order valence-corrected chi connectivity index (χ2v) is 3.88. The van der Waals surface area contributed by atoms with E-state index >= 15 is 0 Å². The highest BCUT2D eigenvalue weighted by molar-refractivity contribution is 5.90.